The van der Waals surface area contributed by atoms with Crippen molar-refractivity contribution in [3.05, 3.63) is 12.2 Å². The summed E-state index contributed by atoms with van der Waals surface area (Å²) in [7, 11) is 0. The van der Waals surface area contributed by atoms with E-state index in [1.54, 1.807) is 0 Å². The van der Waals surface area contributed by atoms with Crippen LogP contribution in [-0.4, -0.2) is 31.7 Å². The highest BCUT2D eigenvalue weighted by molar-refractivity contribution is 4.80. The summed E-state index contributed by atoms with van der Waals surface area (Å²) in [6.07, 6.45) is 10.7. The van der Waals surface area contributed by atoms with Gasteiger partial charge in [0.15, 0.2) is 0 Å². The van der Waals surface area contributed by atoms with Gasteiger partial charge in [-0.2, -0.15) is 0 Å². The molecular weight excluding hydrogens is 204 g/mol. The van der Waals surface area contributed by atoms with Gasteiger partial charge in [-0.15, -0.1) is 0 Å². The fraction of sp³-hybridized carbons (Fsp3) is 0.846. The molecule has 0 aliphatic heterocycles. The predicted octanol–water partition coefficient (Wildman–Crippen LogP) is 2.89. The van der Waals surface area contributed by atoms with Gasteiger partial charge in [0.05, 0.1) is 6.61 Å². The van der Waals surface area contributed by atoms with Crippen molar-refractivity contribution in [1.29, 1.82) is 0 Å². The first-order valence-corrected chi connectivity index (χ1v) is 6.33. The van der Waals surface area contributed by atoms with E-state index in [-0.39, 0.29) is 6.61 Å². The lowest BCUT2D eigenvalue weighted by Gasteiger charge is -2.03. The van der Waals surface area contributed by atoms with E-state index in [1.165, 1.54) is 19.3 Å². The van der Waals surface area contributed by atoms with Crippen LogP contribution in [0.3, 0.4) is 0 Å². The van der Waals surface area contributed by atoms with E-state index in [0.29, 0.717) is 13.4 Å². The van der Waals surface area contributed by atoms with Gasteiger partial charge in [-0.25, -0.2) is 0 Å². The van der Waals surface area contributed by atoms with Crippen LogP contribution < -0.4 is 0 Å². The molecule has 0 bridgehead atoms. The van der Waals surface area contributed by atoms with Gasteiger partial charge >= 0.3 is 0 Å². The second kappa shape index (κ2) is 14.6. The molecule has 0 fully saturated rings. The van der Waals surface area contributed by atoms with E-state index in [4.69, 9.17) is 14.6 Å². The lowest BCUT2D eigenvalue weighted by Crippen LogP contribution is -2.02. The van der Waals surface area contributed by atoms with E-state index in [9.17, 15) is 0 Å². The summed E-state index contributed by atoms with van der Waals surface area (Å²) in [4.78, 5) is 0. The Morgan fingerprint density at radius 3 is 2.44 bits per heavy atom. The Labute approximate surface area is 99.5 Å². The summed E-state index contributed by atoms with van der Waals surface area (Å²) in [5, 5.41) is 8.53. The highest BCUT2D eigenvalue weighted by Gasteiger charge is 1.88. The van der Waals surface area contributed by atoms with Gasteiger partial charge in [0, 0.05) is 13.2 Å². The van der Waals surface area contributed by atoms with Crippen LogP contribution in [0.2, 0.25) is 0 Å². The third kappa shape index (κ3) is 13.6. The first-order chi connectivity index (χ1) is 7.91. The van der Waals surface area contributed by atoms with Crippen LogP contribution in [0.5, 0.6) is 0 Å². The quantitative estimate of drug-likeness (QED) is 0.318. The Hall–Kier alpha value is -0.380. The monoisotopic (exact) mass is 230 g/mol. The Bertz CT molecular complexity index is 146. The van der Waals surface area contributed by atoms with Gasteiger partial charge in [0.1, 0.15) is 6.79 Å². The summed E-state index contributed by atoms with van der Waals surface area (Å²) in [6.45, 7) is 4.21. The number of hydrogen-bond acceptors (Lipinski definition) is 3. The first-order valence-electron chi connectivity index (χ1n) is 6.33. The maximum Gasteiger partial charge on any atom is 0.146 e. The average Bonchev–Trinajstić information content (AvgIpc) is 2.31. The van der Waals surface area contributed by atoms with Crippen LogP contribution in [0.25, 0.3) is 0 Å². The minimum absolute atomic E-state index is 0.243. The van der Waals surface area contributed by atoms with Crippen molar-refractivity contribution in [2.24, 2.45) is 0 Å². The lowest BCUT2D eigenvalue weighted by atomic mass is 10.2. The minimum Gasteiger partial charge on any atom is -0.396 e. The van der Waals surface area contributed by atoms with Crippen molar-refractivity contribution in [2.75, 3.05) is 26.6 Å². The molecule has 0 unspecified atom stereocenters. The molecule has 0 aliphatic rings. The number of aliphatic hydroxyl groups is 1. The Balaban J connectivity index is 2.95. The molecule has 0 aromatic rings. The molecule has 1 N–H and O–H groups in total. The largest absolute Gasteiger partial charge is 0.396 e. The van der Waals surface area contributed by atoms with Crippen LogP contribution >= 0.6 is 0 Å². The predicted molar refractivity (Wildman–Crippen MR) is 66.4 cm³/mol. The molecular formula is C13H26O3. The van der Waals surface area contributed by atoms with Gasteiger partial charge in [-0.3, -0.25) is 0 Å². The molecule has 0 saturated heterocycles. The molecule has 0 aromatic heterocycles. The fourth-order valence-corrected chi connectivity index (χ4v) is 1.20. The topological polar surface area (TPSA) is 38.7 Å². The van der Waals surface area contributed by atoms with E-state index >= 15 is 0 Å². The second-order valence-corrected chi connectivity index (χ2v) is 3.77. The SMILES string of the molecule is CCCC/C=C\CCOCOCCCCO. The van der Waals surface area contributed by atoms with Crippen molar-refractivity contribution in [3.8, 4) is 0 Å². The molecule has 3 nitrogen and oxygen atoms in total. The molecule has 0 radical (unpaired) electrons. The lowest BCUT2D eigenvalue weighted by molar-refractivity contribution is -0.0536. The summed E-state index contributed by atoms with van der Waals surface area (Å²) >= 11 is 0. The molecule has 3 heteroatoms. The number of unbranched alkanes of at least 4 members (excludes halogenated alkanes) is 3. The van der Waals surface area contributed by atoms with E-state index < -0.39 is 0 Å². The molecule has 0 spiro atoms. The van der Waals surface area contributed by atoms with Gasteiger partial charge in [0.2, 0.25) is 0 Å². The number of allylic oxidation sites excluding steroid dienone is 1. The van der Waals surface area contributed by atoms with Crippen molar-refractivity contribution < 1.29 is 14.6 Å². The molecule has 0 saturated carbocycles. The van der Waals surface area contributed by atoms with Gasteiger partial charge in [0.25, 0.3) is 0 Å². The van der Waals surface area contributed by atoms with Gasteiger partial charge in [-0.1, -0.05) is 31.9 Å². The molecule has 96 valence electrons. The van der Waals surface area contributed by atoms with Crippen LogP contribution in [0, 0.1) is 0 Å². The summed E-state index contributed by atoms with van der Waals surface area (Å²) in [6, 6.07) is 0. The zero-order valence-corrected chi connectivity index (χ0v) is 10.5. The molecule has 0 amide bonds. The molecule has 0 aromatic carbocycles. The Morgan fingerprint density at radius 1 is 0.938 bits per heavy atom. The second-order valence-electron chi connectivity index (χ2n) is 3.77. The highest BCUT2D eigenvalue weighted by atomic mass is 16.7. The van der Waals surface area contributed by atoms with E-state index in [1.807, 2.05) is 0 Å². The van der Waals surface area contributed by atoms with Crippen LogP contribution in [0.4, 0.5) is 0 Å². The molecule has 0 atom stereocenters. The maximum absolute atomic E-state index is 8.53. The van der Waals surface area contributed by atoms with E-state index in [0.717, 1.165) is 25.9 Å². The molecule has 0 aliphatic carbocycles. The smallest absolute Gasteiger partial charge is 0.146 e. The minimum atomic E-state index is 0.243. The fourth-order valence-electron chi connectivity index (χ4n) is 1.20. The normalized spacial score (nSPS) is 11.4. The van der Waals surface area contributed by atoms with Crippen molar-refractivity contribution in [2.45, 2.75) is 45.4 Å². The molecule has 0 heterocycles. The zero-order valence-electron chi connectivity index (χ0n) is 10.5. The Morgan fingerprint density at radius 2 is 1.69 bits per heavy atom. The number of hydrogen-bond donors (Lipinski definition) is 1. The highest BCUT2D eigenvalue weighted by Crippen LogP contribution is 1.96. The maximum atomic E-state index is 8.53. The number of rotatable bonds is 12. The average molecular weight is 230 g/mol. The van der Waals surface area contributed by atoms with Crippen LogP contribution in [0.15, 0.2) is 12.2 Å². The third-order valence-corrected chi connectivity index (χ3v) is 2.18. The number of ether oxygens (including phenoxy) is 2. The van der Waals surface area contributed by atoms with Crippen molar-refractivity contribution in [1.82, 2.24) is 0 Å². The first kappa shape index (κ1) is 15.6. The summed E-state index contributed by atoms with van der Waals surface area (Å²) in [5.74, 6) is 0. The van der Waals surface area contributed by atoms with Gasteiger partial charge in [-0.05, 0) is 25.7 Å². The van der Waals surface area contributed by atoms with Crippen molar-refractivity contribution in [3.63, 3.8) is 0 Å². The van der Waals surface area contributed by atoms with E-state index in [2.05, 4.69) is 19.1 Å². The standard InChI is InChI=1S/C13H26O3/c1-2-3-4-5-6-8-11-15-13-16-12-9-7-10-14/h5-6,14H,2-4,7-13H2,1H3/b6-5-. The van der Waals surface area contributed by atoms with Crippen LogP contribution in [-0.2, 0) is 9.47 Å². The number of aliphatic hydroxyl groups excluding tert-OH is 1. The van der Waals surface area contributed by atoms with Crippen molar-refractivity contribution >= 4 is 0 Å². The van der Waals surface area contributed by atoms with Gasteiger partial charge < -0.3 is 14.6 Å². The molecule has 16 heavy (non-hydrogen) atoms. The molecule has 0 rings (SSSR count). The Kier molecular flexibility index (Phi) is 14.3. The zero-order chi connectivity index (χ0) is 11.9. The summed E-state index contributed by atoms with van der Waals surface area (Å²) in [5.41, 5.74) is 0. The van der Waals surface area contributed by atoms with Crippen LogP contribution in [0.1, 0.15) is 45.4 Å². The summed E-state index contributed by atoms with van der Waals surface area (Å²) < 4.78 is 10.5. The third-order valence-electron chi connectivity index (χ3n) is 2.18.